The molecule has 2 aliphatic rings. The molecule has 0 amide bonds. The van der Waals surface area contributed by atoms with Gasteiger partial charge in [-0.05, 0) is 63.4 Å². The highest BCUT2D eigenvalue weighted by atomic mass is 19.3. The number of hydrogen-bond acceptors (Lipinski definition) is 1. The van der Waals surface area contributed by atoms with E-state index in [1.807, 2.05) is 0 Å². The summed E-state index contributed by atoms with van der Waals surface area (Å²) in [6.45, 7) is 2.50. The first-order valence-electron chi connectivity index (χ1n) is 8.13. The van der Waals surface area contributed by atoms with Crippen LogP contribution in [-0.2, 0) is 4.74 Å². The predicted molar refractivity (Wildman–Crippen MR) is 82.2 cm³/mol. The number of hydrogen-bond donors (Lipinski definition) is 0. The second-order valence-corrected chi connectivity index (χ2v) is 6.25. The Morgan fingerprint density at radius 3 is 2.00 bits per heavy atom. The van der Waals surface area contributed by atoms with E-state index in [2.05, 4.69) is 31.2 Å². The van der Waals surface area contributed by atoms with E-state index in [1.165, 1.54) is 25.7 Å². The van der Waals surface area contributed by atoms with E-state index in [-0.39, 0.29) is 12.0 Å². The molecule has 1 nitrogen and oxygen atoms in total. The summed E-state index contributed by atoms with van der Waals surface area (Å²) < 4.78 is 30.0. The number of ether oxygens (including phenoxy) is 1. The van der Waals surface area contributed by atoms with Crippen LogP contribution in [0.4, 0.5) is 8.78 Å². The van der Waals surface area contributed by atoms with Gasteiger partial charge in [-0.1, -0.05) is 24.3 Å². The molecule has 1 saturated carbocycles. The van der Waals surface area contributed by atoms with E-state index in [4.69, 9.17) is 4.74 Å². The predicted octanol–water partition coefficient (Wildman–Crippen LogP) is 5.50. The van der Waals surface area contributed by atoms with Gasteiger partial charge in [0.25, 0.3) is 6.08 Å². The largest absolute Gasteiger partial charge is 0.374 e. The summed E-state index contributed by atoms with van der Waals surface area (Å²) in [5.41, 5.74) is 0. The fourth-order valence-electron chi connectivity index (χ4n) is 3.34. The molecule has 0 aromatic carbocycles. The van der Waals surface area contributed by atoms with Crippen molar-refractivity contribution in [3.8, 4) is 0 Å². The zero-order chi connectivity index (χ0) is 15.1. The smallest absolute Gasteiger partial charge is 0.266 e. The Hall–Kier alpha value is -0.960. The lowest BCUT2D eigenvalue weighted by Gasteiger charge is -2.27. The maximum Gasteiger partial charge on any atom is 0.266 e. The maximum absolute atomic E-state index is 12.2. The van der Waals surface area contributed by atoms with Gasteiger partial charge in [0.15, 0.2) is 0 Å². The van der Waals surface area contributed by atoms with Gasteiger partial charge in [-0.25, -0.2) is 0 Å². The Bertz CT molecular complexity index is 380. The van der Waals surface area contributed by atoms with Crippen LogP contribution in [-0.4, -0.2) is 12.7 Å². The van der Waals surface area contributed by atoms with E-state index in [0.717, 1.165) is 24.8 Å². The standard InChI is InChI=1S/C18H26F2O/c1-2-3-14-4-6-15(7-5-14)8-10-17-11-9-16(13-21-17)12-18(19)20/h2-3,8,10,12,14-17H,4-7,9,11,13H2,1H3/b3-2+,10-8+. The van der Waals surface area contributed by atoms with Crippen molar-refractivity contribution >= 4 is 0 Å². The molecule has 0 N–H and O–H groups in total. The SMILES string of the molecule is C/C=C/C1CCC(/C=C/C2CCC(C=C(F)F)CO2)CC1. The molecule has 1 aliphatic heterocycles. The second-order valence-electron chi connectivity index (χ2n) is 6.25. The van der Waals surface area contributed by atoms with Gasteiger partial charge in [-0.2, -0.15) is 8.78 Å². The fraction of sp³-hybridized carbons (Fsp3) is 0.667. The van der Waals surface area contributed by atoms with Crippen molar-refractivity contribution in [3.63, 3.8) is 0 Å². The molecule has 21 heavy (non-hydrogen) atoms. The molecule has 2 atom stereocenters. The lowest BCUT2D eigenvalue weighted by atomic mass is 9.81. The molecular weight excluding hydrogens is 270 g/mol. The summed E-state index contributed by atoms with van der Waals surface area (Å²) in [5, 5.41) is 0. The van der Waals surface area contributed by atoms with Crippen LogP contribution in [0.25, 0.3) is 0 Å². The molecular formula is C18H26F2O. The van der Waals surface area contributed by atoms with E-state index in [1.54, 1.807) is 0 Å². The summed E-state index contributed by atoms with van der Waals surface area (Å²) in [7, 11) is 0. The molecule has 0 spiro atoms. The van der Waals surface area contributed by atoms with Gasteiger partial charge in [0.05, 0.1) is 12.7 Å². The first-order valence-corrected chi connectivity index (χ1v) is 8.13. The summed E-state index contributed by atoms with van der Waals surface area (Å²) in [6.07, 6.45) is 15.2. The summed E-state index contributed by atoms with van der Waals surface area (Å²) in [4.78, 5) is 0. The van der Waals surface area contributed by atoms with E-state index < -0.39 is 6.08 Å². The third-order valence-electron chi connectivity index (χ3n) is 4.59. The number of rotatable bonds is 4. The fourth-order valence-corrected chi connectivity index (χ4v) is 3.34. The van der Waals surface area contributed by atoms with Crippen LogP contribution in [0.3, 0.4) is 0 Å². The molecule has 1 saturated heterocycles. The van der Waals surface area contributed by atoms with Crippen LogP contribution < -0.4 is 0 Å². The molecule has 1 aliphatic carbocycles. The lowest BCUT2D eigenvalue weighted by Crippen LogP contribution is -2.23. The van der Waals surface area contributed by atoms with Gasteiger partial charge < -0.3 is 4.74 Å². The second kappa shape index (κ2) is 8.47. The molecule has 0 aromatic heterocycles. The molecule has 2 rings (SSSR count). The molecule has 3 heteroatoms. The normalized spacial score (nSPS) is 34.4. The maximum atomic E-state index is 12.2. The van der Waals surface area contributed by atoms with Crippen molar-refractivity contribution < 1.29 is 13.5 Å². The van der Waals surface area contributed by atoms with Crippen molar-refractivity contribution in [1.29, 1.82) is 0 Å². The van der Waals surface area contributed by atoms with Crippen LogP contribution >= 0.6 is 0 Å². The van der Waals surface area contributed by atoms with Crippen LogP contribution in [0.5, 0.6) is 0 Å². The first kappa shape index (κ1) is 16.4. The zero-order valence-corrected chi connectivity index (χ0v) is 12.8. The quantitative estimate of drug-likeness (QED) is 0.622. The van der Waals surface area contributed by atoms with Gasteiger partial charge in [-0.15, -0.1) is 0 Å². The Labute approximate surface area is 126 Å². The first-order chi connectivity index (χ1) is 10.2. The molecule has 0 aromatic rings. The van der Waals surface area contributed by atoms with E-state index in [0.29, 0.717) is 12.5 Å². The highest BCUT2D eigenvalue weighted by molar-refractivity contribution is 5.00. The Kier molecular flexibility index (Phi) is 6.62. The molecule has 118 valence electrons. The van der Waals surface area contributed by atoms with Crippen LogP contribution in [0, 0.1) is 17.8 Å². The van der Waals surface area contributed by atoms with Crippen molar-refractivity contribution in [2.24, 2.45) is 17.8 Å². The minimum Gasteiger partial charge on any atom is -0.374 e. The molecule has 0 radical (unpaired) electrons. The third-order valence-corrected chi connectivity index (χ3v) is 4.59. The molecule has 1 heterocycles. The van der Waals surface area contributed by atoms with Crippen LogP contribution in [0.1, 0.15) is 45.4 Å². The van der Waals surface area contributed by atoms with Crippen LogP contribution in [0.2, 0.25) is 0 Å². The van der Waals surface area contributed by atoms with Crippen LogP contribution in [0.15, 0.2) is 36.5 Å². The third kappa shape index (κ3) is 5.74. The minimum atomic E-state index is -1.59. The van der Waals surface area contributed by atoms with Crippen molar-refractivity contribution in [2.45, 2.75) is 51.6 Å². The highest BCUT2D eigenvalue weighted by Gasteiger charge is 2.21. The van der Waals surface area contributed by atoms with E-state index >= 15 is 0 Å². The molecule has 2 unspecified atom stereocenters. The Balaban J connectivity index is 1.70. The topological polar surface area (TPSA) is 9.23 Å². The lowest BCUT2D eigenvalue weighted by molar-refractivity contribution is 0.0231. The van der Waals surface area contributed by atoms with Gasteiger partial charge in [0.2, 0.25) is 0 Å². The average molecular weight is 296 g/mol. The Morgan fingerprint density at radius 2 is 1.48 bits per heavy atom. The zero-order valence-electron chi connectivity index (χ0n) is 12.8. The monoisotopic (exact) mass is 296 g/mol. The summed E-state index contributed by atoms with van der Waals surface area (Å²) in [6, 6.07) is 0. The number of allylic oxidation sites excluding steroid dienone is 3. The van der Waals surface area contributed by atoms with Gasteiger partial charge >= 0.3 is 0 Å². The van der Waals surface area contributed by atoms with Gasteiger partial charge in [-0.3, -0.25) is 0 Å². The molecule has 2 fully saturated rings. The summed E-state index contributed by atoms with van der Waals surface area (Å²) >= 11 is 0. The average Bonchev–Trinajstić information content (AvgIpc) is 2.48. The van der Waals surface area contributed by atoms with Crippen molar-refractivity contribution in [1.82, 2.24) is 0 Å². The Morgan fingerprint density at radius 1 is 0.857 bits per heavy atom. The highest BCUT2D eigenvalue weighted by Crippen LogP contribution is 2.31. The van der Waals surface area contributed by atoms with Crippen molar-refractivity contribution in [3.05, 3.63) is 36.5 Å². The van der Waals surface area contributed by atoms with Gasteiger partial charge in [0, 0.05) is 5.92 Å². The number of halogens is 2. The molecule has 0 bridgehead atoms. The van der Waals surface area contributed by atoms with E-state index in [9.17, 15) is 8.78 Å². The van der Waals surface area contributed by atoms with Crippen molar-refractivity contribution in [2.75, 3.05) is 6.61 Å². The minimum absolute atomic E-state index is 0.115. The summed E-state index contributed by atoms with van der Waals surface area (Å²) in [5.74, 6) is 1.31. The van der Waals surface area contributed by atoms with Gasteiger partial charge in [0.1, 0.15) is 0 Å².